The van der Waals surface area contributed by atoms with Crippen LogP contribution >= 0.6 is 11.8 Å². The fourth-order valence-corrected chi connectivity index (χ4v) is 5.15. The van der Waals surface area contributed by atoms with Gasteiger partial charge in [-0.25, -0.2) is 0 Å². The van der Waals surface area contributed by atoms with Crippen LogP contribution in [0.5, 0.6) is 0 Å². The van der Waals surface area contributed by atoms with Crippen molar-refractivity contribution in [2.75, 3.05) is 11.4 Å². The number of nitrogens with zero attached hydrogens (tertiary/aromatic N) is 5. The molecule has 0 bridgehead atoms. The second kappa shape index (κ2) is 7.85. The third-order valence-corrected chi connectivity index (χ3v) is 6.74. The van der Waals surface area contributed by atoms with E-state index in [2.05, 4.69) is 16.3 Å². The summed E-state index contributed by atoms with van der Waals surface area (Å²) in [7, 11) is 0. The number of aryl methyl sites for hydroxylation is 1. The Kier molecular flexibility index (Phi) is 5.02. The van der Waals surface area contributed by atoms with Gasteiger partial charge < -0.3 is 4.90 Å². The molecule has 1 aliphatic rings. The fraction of sp³-hybridized carbons (Fsp3) is 0.304. The van der Waals surface area contributed by atoms with Gasteiger partial charge in [-0.1, -0.05) is 49.0 Å². The summed E-state index contributed by atoms with van der Waals surface area (Å²) >= 11 is 1.38. The van der Waals surface area contributed by atoms with Crippen LogP contribution in [0.4, 0.5) is 5.69 Å². The molecular formula is C23H23N5O2S. The van der Waals surface area contributed by atoms with Crippen molar-refractivity contribution in [3.8, 4) is 0 Å². The summed E-state index contributed by atoms with van der Waals surface area (Å²) < 4.78 is 3.57. The maximum absolute atomic E-state index is 13.2. The van der Waals surface area contributed by atoms with Crippen molar-refractivity contribution in [2.45, 2.75) is 43.6 Å². The Hall–Kier alpha value is -3.13. The van der Waals surface area contributed by atoms with Crippen LogP contribution in [0, 0.1) is 0 Å². The molecule has 0 radical (unpaired) electrons. The zero-order valence-electron chi connectivity index (χ0n) is 17.5. The van der Waals surface area contributed by atoms with Crippen LogP contribution in [-0.4, -0.2) is 36.9 Å². The molecule has 2 aromatic heterocycles. The molecule has 7 nitrogen and oxygen atoms in total. The Balaban J connectivity index is 1.54. The number of hydrogen-bond donors (Lipinski definition) is 0. The predicted molar refractivity (Wildman–Crippen MR) is 123 cm³/mol. The minimum Gasteiger partial charge on any atom is -0.311 e. The summed E-state index contributed by atoms with van der Waals surface area (Å²) in [4.78, 5) is 28.1. The number of carbonyl (C=O) groups excluding carboxylic acids is 1. The fourth-order valence-electron chi connectivity index (χ4n) is 4.23. The second-order valence-corrected chi connectivity index (χ2v) is 9.03. The van der Waals surface area contributed by atoms with Crippen LogP contribution in [0.25, 0.3) is 16.7 Å². The lowest BCUT2D eigenvalue weighted by Gasteiger charge is -2.21. The Bertz CT molecular complexity index is 1360. The molecule has 1 atom stereocenters. The number of hydrogen-bond acceptors (Lipinski definition) is 5. The van der Waals surface area contributed by atoms with E-state index in [1.54, 1.807) is 4.57 Å². The topological polar surface area (TPSA) is 72.5 Å². The largest absolute Gasteiger partial charge is 0.311 e. The smallest absolute Gasteiger partial charge is 0.262 e. The number of para-hydroxylation sites is 2. The highest BCUT2D eigenvalue weighted by Gasteiger charge is 2.29. The third kappa shape index (κ3) is 3.22. The third-order valence-electron chi connectivity index (χ3n) is 5.71. The van der Waals surface area contributed by atoms with Crippen molar-refractivity contribution in [2.24, 2.45) is 0 Å². The van der Waals surface area contributed by atoms with E-state index in [4.69, 9.17) is 0 Å². The standard InChI is InChI=1S/C23H23N5O2S/c1-3-13-27-21(30)17-9-5-7-11-19(17)28-22(27)24-25-23(28)31-15(2)20(29)26-14-12-16-8-4-6-10-18(16)26/h4-11,15H,3,12-14H2,1-2H3. The Labute approximate surface area is 183 Å². The summed E-state index contributed by atoms with van der Waals surface area (Å²) in [5.41, 5.74) is 2.89. The van der Waals surface area contributed by atoms with E-state index in [0.29, 0.717) is 29.4 Å². The van der Waals surface area contributed by atoms with Gasteiger partial charge in [0.1, 0.15) is 0 Å². The number of anilines is 1. The van der Waals surface area contributed by atoms with Gasteiger partial charge in [-0.15, -0.1) is 10.2 Å². The molecule has 8 heteroatoms. The molecule has 5 rings (SSSR count). The summed E-state index contributed by atoms with van der Waals surface area (Å²) in [6, 6.07) is 15.5. The molecule has 158 valence electrons. The van der Waals surface area contributed by atoms with E-state index >= 15 is 0 Å². The molecular weight excluding hydrogens is 410 g/mol. The van der Waals surface area contributed by atoms with Gasteiger partial charge in [-0.05, 0) is 43.5 Å². The van der Waals surface area contributed by atoms with E-state index in [1.807, 2.05) is 65.6 Å². The molecule has 0 fully saturated rings. The van der Waals surface area contributed by atoms with Crippen LogP contribution in [-0.2, 0) is 17.8 Å². The summed E-state index contributed by atoms with van der Waals surface area (Å²) in [6.07, 6.45) is 1.69. The SMILES string of the molecule is CCCn1c(=O)c2ccccc2n2c(SC(C)C(=O)N3CCc4ccccc43)nnc12. The number of rotatable bonds is 5. The number of aromatic nitrogens is 4. The molecule has 0 aliphatic carbocycles. The van der Waals surface area contributed by atoms with E-state index in [9.17, 15) is 9.59 Å². The first kappa shape index (κ1) is 19.8. The van der Waals surface area contributed by atoms with Crippen molar-refractivity contribution in [1.29, 1.82) is 0 Å². The van der Waals surface area contributed by atoms with E-state index < -0.39 is 0 Å². The molecule has 0 N–H and O–H groups in total. The number of thioether (sulfide) groups is 1. The van der Waals surface area contributed by atoms with Gasteiger partial charge >= 0.3 is 0 Å². The Morgan fingerprint density at radius 3 is 2.74 bits per heavy atom. The van der Waals surface area contributed by atoms with Crippen LogP contribution in [0.3, 0.4) is 0 Å². The average molecular weight is 434 g/mol. The molecule has 0 spiro atoms. The minimum absolute atomic E-state index is 0.0536. The highest BCUT2D eigenvalue weighted by Crippen LogP contribution is 2.32. The van der Waals surface area contributed by atoms with Gasteiger partial charge in [0.25, 0.3) is 5.56 Å². The minimum atomic E-state index is -0.344. The van der Waals surface area contributed by atoms with Crippen LogP contribution in [0.15, 0.2) is 58.5 Å². The Morgan fingerprint density at radius 1 is 1.13 bits per heavy atom. The predicted octanol–water partition coefficient (Wildman–Crippen LogP) is 3.52. The molecule has 31 heavy (non-hydrogen) atoms. The highest BCUT2D eigenvalue weighted by molar-refractivity contribution is 8.00. The molecule has 3 heterocycles. The number of amides is 1. The molecule has 1 unspecified atom stereocenters. The van der Waals surface area contributed by atoms with Crippen molar-refractivity contribution in [3.63, 3.8) is 0 Å². The van der Waals surface area contributed by atoms with Gasteiger partial charge in [0, 0.05) is 18.8 Å². The maximum atomic E-state index is 13.2. The second-order valence-electron chi connectivity index (χ2n) is 7.72. The first-order valence-electron chi connectivity index (χ1n) is 10.5. The van der Waals surface area contributed by atoms with Gasteiger partial charge in [-0.2, -0.15) is 0 Å². The van der Waals surface area contributed by atoms with Crippen LogP contribution in [0.1, 0.15) is 25.8 Å². The lowest BCUT2D eigenvalue weighted by atomic mass is 10.2. The van der Waals surface area contributed by atoms with E-state index in [0.717, 1.165) is 24.0 Å². The zero-order valence-corrected chi connectivity index (χ0v) is 18.3. The van der Waals surface area contributed by atoms with Gasteiger partial charge in [-0.3, -0.25) is 18.6 Å². The molecule has 1 amide bonds. The molecule has 1 aliphatic heterocycles. The van der Waals surface area contributed by atoms with Crippen molar-refractivity contribution in [3.05, 3.63) is 64.4 Å². The summed E-state index contributed by atoms with van der Waals surface area (Å²) in [6.45, 7) is 5.19. The van der Waals surface area contributed by atoms with Crippen molar-refractivity contribution >= 4 is 40.0 Å². The summed E-state index contributed by atoms with van der Waals surface area (Å²) in [5, 5.41) is 9.59. The zero-order chi connectivity index (χ0) is 21.5. The van der Waals surface area contributed by atoms with E-state index in [-0.39, 0.29) is 16.7 Å². The normalized spacial score (nSPS) is 14.3. The van der Waals surface area contributed by atoms with Crippen LogP contribution in [0.2, 0.25) is 0 Å². The molecule has 0 saturated heterocycles. The maximum Gasteiger partial charge on any atom is 0.262 e. The monoisotopic (exact) mass is 433 g/mol. The van der Waals surface area contributed by atoms with Gasteiger partial charge in [0.15, 0.2) is 5.16 Å². The first-order valence-corrected chi connectivity index (χ1v) is 11.4. The molecule has 0 saturated carbocycles. The summed E-state index contributed by atoms with van der Waals surface area (Å²) in [5.74, 6) is 0.567. The van der Waals surface area contributed by atoms with Gasteiger partial charge in [0.05, 0.1) is 16.2 Å². The number of carbonyl (C=O) groups is 1. The number of benzene rings is 2. The lowest BCUT2D eigenvalue weighted by Crippen LogP contribution is -2.35. The molecule has 2 aromatic carbocycles. The van der Waals surface area contributed by atoms with Gasteiger partial charge in [0.2, 0.25) is 11.7 Å². The average Bonchev–Trinajstić information content (AvgIpc) is 3.41. The Morgan fingerprint density at radius 2 is 1.90 bits per heavy atom. The number of fused-ring (bicyclic) bond motifs is 4. The van der Waals surface area contributed by atoms with E-state index in [1.165, 1.54) is 17.3 Å². The quantitative estimate of drug-likeness (QED) is 0.450. The van der Waals surface area contributed by atoms with Crippen molar-refractivity contribution in [1.82, 2.24) is 19.2 Å². The first-order chi connectivity index (χ1) is 15.1. The van der Waals surface area contributed by atoms with Crippen molar-refractivity contribution < 1.29 is 4.79 Å². The van der Waals surface area contributed by atoms with Crippen LogP contribution < -0.4 is 10.5 Å². The molecule has 4 aromatic rings. The lowest BCUT2D eigenvalue weighted by molar-refractivity contribution is -0.117. The highest BCUT2D eigenvalue weighted by atomic mass is 32.2.